The third-order valence-corrected chi connectivity index (χ3v) is 4.76. The molecule has 0 fully saturated rings. The van der Waals surface area contributed by atoms with Gasteiger partial charge in [-0.25, -0.2) is 4.39 Å². The van der Waals surface area contributed by atoms with Crippen LogP contribution < -0.4 is 10.6 Å². The first kappa shape index (κ1) is 20.3. The van der Waals surface area contributed by atoms with Crippen LogP contribution in [0.25, 0.3) is 0 Å². The van der Waals surface area contributed by atoms with Gasteiger partial charge in [-0.3, -0.25) is 14.3 Å². The fourth-order valence-corrected chi connectivity index (χ4v) is 3.09. The van der Waals surface area contributed by atoms with Gasteiger partial charge in [0.25, 0.3) is 5.91 Å². The molecule has 0 aliphatic heterocycles. The molecule has 0 aliphatic rings. The summed E-state index contributed by atoms with van der Waals surface area (Å²) in [6.45, 7) is 4.16. The second-order valence-corrected chi connectivity index (χ2v) is 6.89. The van der Waals surface area contributed by atoms with E-state index in [1.54, 1.807) is 28.9 Å². The first-order valence-corrected chi connectivity index (χ1v) is 9.25. The Hall–Kier alpha value is -3.48. The zero-order chi connectivity index (χ0) is 21.0. The Morgan fingerprint density at radius 3 is 2.55 bits per heavy atom. The molecule has 7 heteroatoms. The average molecular weight is 394 g/mol. The summed E-state index contributed by atoms with van der Waals surface area (Å²) in [7, 11) is 1.85. The van der Waals surface area contributed by atoms with Crippen molar-refractivity contribution in [3.63, 3.8) is 0 Å². The lowest BCUT2D eigenvalue weighted by Crippen LogP contribution is -2.25. The van der Waals surface area contributed by atoms with Crippen molar-refractivity contribution in [3.8, 4) is 0 Å². The first-order valence-electron chi connectivity index (χ1n) is 9.25. The van der Waals surface area contributed by atoms with Gasteiger partial charge in [0.15, 0.2) is 0 Å². The van der Waals surface area contributed by atoms with Crippen molar-refractivity contribution in [1.82, 2.24) is 15.1 Å². The summed E-state index contributed by atoms with van der Waals surface area (Å²) < 4.78 is 15.1. The van der Waals surface area contributed by atoms with Crippen LogP contribution in [0.1, 0.15) is 32.9 Å². The topological polar surface area (TPSA) is 76.0 Å². The van der Waals surface area contributed by atoms with E-state index in [0.717, 1.165) is 22.5 Å². The number of carbonyl (C=O) groups excluding carboxylic acids is 2. The lowest BCUT2D eigenvalue weighted by Gasteiger charge is -2.09. The molecule has 3 aromatic rings. The van der Waals surface area contributed by atoms with Crippen LogP contribution >= 0.6 is 0 Å². The fourth-order valence-electron chi connectivity index (χ4n) is 3.09. The molecule has 3 rings (SSSR count). The number of hydrogen-bond donors (Lipinski definition) is 2. The van der Waals surface area contributed by atoms with Crippen molar-refractivity contribution < 1.29 is 14.0 Å². The molecule has 29 heavy (non-hydrogen) atoms. The Labute approximate surface area is 168 Å². The van der Waals surface area contributed by atoms with Gasteiger partial charge in [-0.2, -0.15) is 5.10 Å². The van der Waals surface area contributed by atoms with Gasteiger partial charge in [-0.15, -0.1) is 0 Å². The molecule has 0 spiro atoms. The molecular formula is C22H23FN4O2. The summed E-state index contributed by atoms with van der Waals surface area (Å²) in [5, 5.41) is 9.96. The Morgan fingerprint density at radius 2 is 1.86 bits per heavy atom. The SMILES string of the molecule is Cc1nn(C)c(C)c1CC(=O)NCc1cccc(NC(=O)c2cccc(F)c2)c1. The van der Waals surface area contributed by atoms with Crippen LogP contribution in [0.15, 0.2) is 48.5 Å². The summed E-state index contributed by atoms with van der Waals surface area (Å²) in [5.74, 6) is -0.959. The van der Waals surface area contributed by atoms with E-state index in [0.29, 0.717) is 12.2 Å². The predicted octanol–water partition coefficient (Wildman–Crippen LogP) is 3.29. The van der Waals surface area contributed by atoms with Crippen LogP contribution in [-0.4, -0.2) is 21.6 Å². The quantitative estimate of drug-likeness (QED) is 0.674. The van der Waals surface area contributed by atoms with E-state index in [4.69, 9.17) is 0 Å². The Kier molecular flexibility index (Phi) is 6.07. The summed E-state index contributed by atoms with van der Waals surface area (Å²) in [6.07, 6.45) is 0.265. The van der Waals surface area contributed by atoms with Crippen LogP contribution in [0, 0.1) is 19.7 Å². The Morgan fingerprint density at radius 1 is 1.10 bits per heavy atom. The van der Waals surface area contributed by atoms with Crippen LogP contribution in [-0.2, 0) is 24.8 Å². The molecule has 0 atom stereocenters. The standard InChI is InChI=1S/C22H23FN4O2/c1-14-20(15(2)27(3)26-14)12-21(28)24-13-16-6-4-9-19(10-16)25-22(29)17-7-5-8-18(23)11-17/h4-11H,12-13H2,1-3H3,(H,24,28)(H,25,29). The van der Waals surface area contributed by atoms with E-state index < -0.39 is 11.7 Å². The van der Waals surface area contributed by atoms with Gasteiger partial charge >= 0.3 is 0 Å². The first-order chi connectivity index (χ1) is 13.8. The van der Waals surface area contributed by atoms with Gasteiger partial charge in [0.1, 0.15) is 5.82 Å². The average Bonchev–Trinajstić information content (AvgIpc) is 2.93. The third-order valence-electron chi connectivity index (χ3n) is 4.76. The molecule has 150 valence electrons. The van der Waals surface area contributed by atoms with E-state index >= 15 is 0 Å². The molecule has 0 saturated carbocycles. The number of carbonyl (C=O) groups is 2. The number of hydrogen-bond acceptors (Lipinski definition) is 3. The highest BCUT2D eigenvalue weighted by Gasteiger charge is 2.13. The largest absolute Gasteiger partial charge is 0.352 e. The van der Waals surface area contributed by atoms with Gasteiger partial charge in [-0.05, 0) is 49.7 Å². The number of amides is 2. The van der Waals surface area contributed by atoms with Crippen LogP contribution in [0.4, 0.5) is 10.1 Å². The van der Waals surface area contributed by atoms with Crippen molar-refractivity contribution >= 4 is 17.5 Å². The van der Waals surface area contributed by atoms with E-state index in [-0.39, 0.29) is 17.9 Å². The maximum atomic E-state index is 13.3. The second-order valence-electron chi connectivity index (χ2n) is 6.89. The number of halogens is 1. The molecule has 2 amide bonds. The number of anilines is 1. The number of nitrogens with zero attached hydrogens (tertiary/aromatic N) is 2. The molecular weight excluding hydrogens is 371 g/mol. The van der Waals surface area contributed by atoms with Crippen molar-refractivity contribution in [2.24, 2.45) is 7.05 Å². The Balaban J connectivity index is 1.59. The molecule has 2 aromatic carbocycles. The zero-order valence-electron chi connectivity index (χ0n) is 16.6. The molecule has 0 bridgehead atoms. The van der Waals surface area contributed by atoms with Crippen molar-refractivity contribution in [2.75, 3.05) is 5.32 Å². The van der Waals surface area contributed by atoms with E-state index in [1.165, 1.54) is 18.2 Å². The lowest BCUT2D eigenvalue weighted by molar-refractivity contribution is -0.120. The highest BCUT2D eigenvalue weighted by Crippen LogP contribution is 2.14. The van der Waals surface area contributed by atoms with Gasteiger partial charge in [0, 0.05) is 36.1 Å². The van der Waals surface area contributed by atoms with Gasteiger partial charge in [-0.1, -0.05) is 18.2 Å². The van der Waals surface area contributed by atoms with Gasteiger partial charge < -0.3 is 10.6 Å². The van der Waals surface area contributed by atoms with Crippen molar-refractivity contribution in [2.45, 2.75) is 26.8 Å². The van der Waals surface area contributed by atoms with Gasteiger partial charge in [0.05, 0.1) is 12.1 Å². The van der Waals surface area contributed by atoms with Crippen LogP contribution in [0.3, 0.4) is 0 Å². The minimum Gasteiger partial charge on any atom is -0.352 e. The molecule has 0 saturated heterocycles. The summed E-state index contributed by atoms with van der Waals surface area (Å²) >= 11 is 0. The highest BCUT2D eigenvalue weighted by molar-refractivity contribution is 6.04. The number of benzene rings is 2. The fraction of sp³-hybridized carbons (Fsp3) is 0.227. The third kappa shape index (κ3) is 5.07. The molecule has 0 radical (unpaired) electrons. The predicted molar refractivity (Wildman–Crippen MR) is 109 cm³/mol. The molecule has 0 unspecified atom stereocenters. The number of aromatic nitrogens is 2. The van der Waals surface area contributed by atoms with Crippen molar-refractivity contribution in [3.05, 3.63) is 82.4 Å². The Bertz CT molecular complexity index is 1060. The molecule has 2 N–H and O–H groups in total. The molecule has 0 aliphatic carbocycles. The molecule has 1 aromatic heterocycles. The maximum absolute atomic E-state index is 13.3. The zero-order valence-corrected chi connectivity index (χ0v) is 16.6. The van der Waals surface area contributed by atoms with Gasteiger partial charge in [0.2, 0.25) is 5.91 Å². The summed E-state index contributed by atoms with van der Waals surface area (Å²) in [6, 6.07) is 12.7. The second kappa shape index (κ2) is 8.68. The van der Waals surface area contributed by atoms with E-state index in [9.17, 15) is 14.0 Å². The number of aryl methyl sites for hydroxylation is 2. The van der Waals surface area contributed by atoms with Crippen LogP contribution in [0.5, 0.6) is 0 Å². The highest BCUT2D eigenvalue weighted by atomic mass is 19.1. The molecule has 6 nitrogen and oxygen atoms in total. The number of nitrogens with one attached hydrogen (secondary N) is 2. The lowest BCUT2D eigenvalue weighted by atomic mass is 10.1. The summed E-state index contributed by atoms with van der Waals surface area (Å²) in [4.78, 5) is 24.6. The minimum absolute atomic E-state index is 0.0987. The maximum Gasteiger partial charge on any atom is 0.255 e. The summed E-state index contributed by atoms with van der Waals surface area (Å²) in [5.41, 5.74) is 4.41. The normalized spacial score (nSPS) is 10.6. The molecule has 1 heterocycles. The van der Waals surface area contributed by atoms with E-state index in [1.807, 2.05) is 27.0 Å². The van der Waals surface area contributed by atoms with Crippen molar-refractivity contribution in [1.29, 1.82) is 0 Å². The van der Waals surface area contributed by atoms with E-state index in [2.05, 4.69) is 15.7 Å². The monoisotopic (exact) mass is 394 g/mol. The minimum atomic E-state index is -0.465. The van der Waals surface area contributed by atoms with Crippen LogP contribution in [0.2, 0.25) is 0 Å². The smallest absolute Gasteiger partial charge is 0.255 e. The number of rotatable bonds is 6.